The summed E-state index contributed by atoms with van der Waals surface area (Å²) in [6.07, 6.45) is -0.312. The van der Waals surface area contributed by atoms with Crippen LogP contribution >= 0.6 is 0 Å². The van der Waals surface area contributed by atoms with Crippen LogP contribution in [0.1, 0.15) is 33.5 Å². The topological polar surface area (TPSA) is 80.4 Å². The highest BCUT2D eigenvalue weighted by Gasteiger charge is 2.38. The van der Waals surface area contributed by atoms with E-state index in [1.54, 1.807) is 6.07 Å². The quantitative estimate of drug-likeness (QED) is 0.538. The number of fused-ring (bicyclic) bond motifs is 1. The van der Waals surface area contributed by atoms with E-state index in [-0.39, 0.29) is 5.91 Å². The molecule has 172 valence electrons. The summed E-state index contributed by atoms with van der Waals surface area (Å²) in [5.41, 5.74) is 12.5. The fourth-order valence-electron chi connectivity index (χ4n) is 3.94. The van der Waals surface area contributed by atoms with Gasteiger partial charge in [-0.3, -0.25) is 4.79 Å². The van der Waals surface area contributed by atoms with Crippen LogP contribution in [-0.2, 0) is 24.1 Å². The fourth-order valence-corrected chi connectivity index (χ4v) is 3.94. The second kappa shape index (κ2) is 10.3. The Hall–Kier alpha value is -3.61. The van der Waals surface area contributed by atoms with Crippen LogP contribution in [0.4, 0.5) is 13.2 Å². The summed E-state index contributed by atoms with van der Waals surface area (Å²) in [6.45, 7) is 0. The molecule has 0 atom stereocenters. The summed E-state index contributed by atoms with van der Waals surface area (Å²) >= 11 is 0. The first-order valence-corrected chi connectivity index (χ1v) is 10.5. The van der Waals surface area contributed by atoms with Crippen LogP contribution in [0.2, 0.25) is 0 Å². The number of carboxylic acid groups (broad SMARTS) is 1. The van der Waals surface area contributed by atoms with Crippen molar-refractivity contribution in [2.24, 2.45) is 11.7 Å². The van der Waals surface area contributed by atoms with Gasteiger partial charge in [0.05, 0.1) is 0 Å². The summed E-state index contributed by atoms with van der Waals surface area (Å²) in [5.74, 6) is -2.38. The second-order valence-electron chi connectivity index (χ2n) is 8.03. The molecule has 7 heteroatoms. The number of carbonyl (C=O) groups excluding carboxylic acids is 1. The minimum atomic E-state index is -5.08. The third kappa shape index (κ3) is 6.68. The number of benzene rings is 3. The predicted molar refractivity (Wildman–Crippen MR) is 120 cm³/mol. The van der Waals surface area contributed by atoms with Gasteiger partial charge < -0.3 is 10.8 Å². The van der Waals surface area contributed by atoms with Crippen molar-refractivity contribution in [1.29, 1.82) is 0 Å². The maximum atomic E-state index is 11.4. The van der Waals surface area contributed by atoms with Crippen molar-refractivity contribution in [3.63, 3.8) is 0 Å². The smallest absolute Gasteiger partial charge is 0.475 e. The number of aliphatic carboxylic acids is 1. The van der Waals surface area contributed by atoms with E-state index >= 15 is 0 Å². The number of nitrogens with two attached hydrogens (primary N) is 1. The molecule has 1 aliphatic carbocycles. The van der Waals surface area contributed by atoms with E-state index in [0.29, 0.717) is 5.56 Å². The highest BCUT2D eigenvalue weighted by atomic mass is 19.4. The second-order valence-corrected chi connectivity index (χ2v) is 8.03. The Balaban J connectivity index is 0.000000383. The van der Waals surface area contributed by atoms with Crippen molar-refractivity contribution in [3.8, 4) is 11.1 Å². The van der Waals surface area contributed by atoms with E-state index in [2.05, 4.69) is 48.5 Å². The van der Waals surface area contributed by atoms with Gasteiger partial charge in [-0.1, -0.05) is 60.7 Å². The number of aryl methyl sites for hydroxylation is 1. The van der Waals surface area contributed by atoms with Gasteiger partial charge in [-0.25, -0.2) is 4.79 Å². The Labute approximate surface area is 189 Å². The van der Waals surface area contributed by atoms with E-state index in [0.717, 1.165) is 23.5 Å². The van der Waals surface area contributed by atoms with Crippen LogP contribution in [0.15, 0.2) is 72.8 Å². The number of rotatable bonds is 5. The predicted octanol–water partition coefficient (Wildman–Crippen LogP) is 5.43. The molecule has 3 aromatic rings. The Bertz CT molecular complexity index is 1100. The lowest BCUT2D eigenvalue weighted by molar-refractivity contribution is -0.192. The number of primary amides is 1. The van der Waals surface area contributed by atoms with Crippen LogP contribution in [0.5, 0.6) is 0 Å². The molecule has 0 saturated heterocycles. The minimum absolute atomic E-state index is 0.388. The zero-order valence-electron chi connectivity index (χ0n) is 17.8. The Morgan fingerprint density at radius 3 is 1.97 bits per heavy atom. The van der Waals surface area contributed by atoms with E-state index in [1.165, 1.54) is 36.0 Å². The van der Waals surface area contributed by atoms with Crippen molar-refractivity contribution in [1.82, 2.24) is 0 Å². The first kappa shape index (κ1) is 24.0. The normalized spacial score (nSPS) is 13.1. The average molecular weight is 455 g/mol. The van der Waals surface area contributed by atoms with Crippen molar-refractivity contribution in [2.75, 3.05) is 0 Å². The highest BCUT2D eigenvalue weighted by molar-refractivity contribution is 5.94. The Morgan fingerprint density at radius 2 is 1.45 bits per heavy atom. The number of hydrogen-bond donors (Lipinski definition) is 2. The van der Waals surface area contributed by atoms with Gasteiger partial charge in [0.1, 0.15) is 0 Å². The molecule has 0 aliphatic heterocycles. The van der Waals surface area contributed by atoms with Gasteiger partial charge in [0.2, 0.25) is 5.91 Å². The standard InChI is InChI=1S/C24H23NO.C2HF3O2/c25-24(26)23-7-3-6-22(16-23)19-12-10-17(11-13-19)8-9-18-14-20-4-1-2-5-21(20)15-18;3-2(4,5)1(6)7/h1-7,10-13,16,18H,8-9,14-15H2,(H2,25,26);(H,6,7). The number of amides is 1. The molecule has 3 N–H and O–H groups in total. The lowest BCUT2D eigenvalue weighted by Gasteiger charge is -2.10. The van der Waals surface area contributed by atoms with Gasteiger partial charge in [-0.15, -0.1) is 0 Å². The molecule has 1 aliphatic rings. The molecule has 4 rings (SSSR count). The van der Waals surface area contributed by atoms with Crippen LogP contribution < -0.4 is 5.73 Å². The summed E-state index contributed by atoms with van der Waals surface area (Å²) in [7, 11) is 0. The molecule has 0 aromatic heterocycles. The molecule has 0 unspecified atom stereocenters. The first-order chi connectivity index (χ1) is 15.6. The molecule has 4 nitrogen and oxygen atoms in total. The summed E-state index contributed by atoms with van der Waals surface area (Å²) in [6, 6.07) is 25.0. The van der Waals surface area contributed by atoms with E-state index in [9.17, 15) is 18.0 Å². The van der Waals surface area contributed by atoms with Gasteiger partial charge in [0, 0.05) is 5.56 Å². The number of halogens is 3. The number of alkyl halides is 3. The van der Waals surface area contributed by atoms with Gasteiger partial charge in [-0.2, -0.15) is 13.2 Å². The van der Waals surface area contributed by atoms with Crippen LogP contribution in [0.3, 0.4) is 0 Å². The molecule has 3 aromatic carbocycles. The maximum Gasteiger partial charge on any atom is 0.490 e. The minimum Gasteiger partial charge on any atom is -0.475 e. The number of carbonyl (C=O) groups is 2. The van der Waals surface area contributed by atoms with Crippen LogP contribution in [-0.4, -0.2) is 23.2 Å². The van der Waals surface area contributed by atoms with Gasteiger partial charge in [-0.05, 0) is 71.6 Å². The van der Waals surface area contributed by atoms with Crippen molar-refractivity contribution in [3.05, 3.63) is 95.1 Å². The molecule has 0 bridgehead atoms. The lowest BCUT2D eigenvalue weighted by atomic mass is 9.95. The lowest BCUT2D eigenvalue weighted by Crippen LogP contribution is -2.21. The first-order valence-electron chi connectivity index (χ1n) is 10.5. The maximum absolute atomic E-state index is 11.4. The third-order valence-electron chi connectivity index (χ3n) is 5.65. The van der Waals surface area contributed by atoms with Crippen LogP contribution in [0.25, 0.3) is 11.1 Å². The third-order valence-corrected chi connectivity index (χ3v) is 5.65. The van der Waals surface area contributed by atoms with Crippen molar-refractivity contribution >= 4 is 11.9 Å². The Kier molecular flexibility index (Phi) is 7.53. The van der Waals surface area contributed by atoms with Gasteiger partial charge >= 0.3 is 12.1 Å². The van der Waals surface area contributed by atoms with Crippen molar-refractivity contribution in [2.45, 2.75) is 31.9 Å². The van der Waals surface area contributed by atoms with E-state index in [4.69, 9.17) is 15.6 Å². The van der Waals surface area contributed by atoms with Crippen molar-refractivity contribution < 1.29 is 27.9 Å². The molecule has 33 heavy (non-hydrogen) atoms. The van der Waals surface area contributed by atoms with E-state index < -0.39 is 12.1 Å². The van der Waals surface area contributed by atoms with Gasteiger partial charge in [0.15, 0.2) is 0 Å². The molecule has 1 amide bonds. The summed E-state index contributed by atoms with van der Waals surface area (Å²) in [4.78, 5) is 20.2. The largest absolute Gasteiger partial charge is 0.490 e. The Morgan fingerprint density at radius 1 is 0.879 bits per heavy atom. The molecular weight excluding hydrogens is 431 g/mol. The summed E-state index contributed by atoms with van der Waals surface area (Å²) in [5, 5.41) is 7.12. The highest BCUT2D eigenvalue weighted by Crippen LogP contribution is 2.30. The molecule has 0 saturated carbocycles. The average Bonchev–Trinajstić information content (AvgIpc) is 3.21. The molecule has 0 radical (unpaired) electrons. The number of carboxylic acids is 1. The number of hydrogen-bond acceptors (Lipinski definition) is 2. The van der Waals surface area contributed by atoms with E-state index in [1.807, 2.05) is 18.2 Å². The molecule has 0 heterocycles. The molecule has 0 fully saturated rings. The zero-order valence-corrected chi connectivity index (χ0v) is 17.8. The molecular formula is C26H24F3NO3. The monoisotopic (exact) mass is 455 g/mol. The SMILES string of the molecule is NC(=O)c1cccc(-c2ccc(CCC3Cc4ccccc4C3)cc2)c1.O=C(O)C(F)(F)F. The van der Waals surface area contributed by atoms with Crippen LogP contribution in [0, 0.1) is 5.92 Å². The van der Waals surface area contributed by atoms with Gasteiger partial charge in [0.25, 0.3) is 0 Å². The summed E-state index contributed by atoms with van der Waals surface area (Å²) < 4.78 is 31.7. The fraction of sp³-hybridized carbons (Fsp3) is 0.231. The zero-order chi connectivity index (χ0) is 24.0. The molecule has 0 spiro atoms.